The van der Waals surface area contributed by atoms with E-state index in [2.05, 4.69) is 20.9 Å². The summed E-state index contributed by atoms with van der Waals surface area (Å²) in [5.74, 6) is 0. The summed E-state index contributed by atoms with van der Waals surface area (Å²) in [6, 6.07) is 1.49. The number of morpholine rings is 1. The van der Waals surface area contributed by atoms with Crippen LogP contribution in [0.3, 0.4) is 0 Å². The Balaban J connectivity index is 1.96. The summed E-state index contributed by atoms with van der Waals surface area (Å²) in [4.78, 5) is 3.92. The monoisotopic (exact) mass is 366 g/mol. The highest BCUT2D eigenvalue weighted by Gasteiger charge is 2.40. The van der Waals surface area contributed by atoms with Crippen LogP contribution in [0.1, 0.15) is 12.8 Å². The molecule has 0 aromatic carbocycles. The van der Waals surface area contributed by atoms with Crippen molar-refractivity contribution < 1.29 is 13.2 Å². The Morgan fingerprint density at radius 1 is 1.37 bits per heavy atom. The maximum absolute atomic E-state index is 12.6. The molecule has 2 bridgehead atoms. The van der Waals surface area contributed by atoms with Gasteiger partial charge < -0.3 is 4.74 Å². The summed E-state index contributed by atoms with van der Waals surface area (Å²) in [5.41, 5.74) is 0. The third-order valence-corrected chi connectivity index (χ3v) is 6.09. The van der Waals surface area contributed by atoms with Crippen LogP contribution >= 0.6 is 27.5 Å². The highest BCUT2D eigenvalue weighted by Crippen LogP contribution is 2.32. The molecule has 3 rings (SSSR count). The highest BCUT2D eigenvalue weighted by atomic mass is 79.9. The van der Waals surface area contributed by atoms with Gasteiger partial charge in [-0.15, -0.1) is 0 Å². The van der Waals surface area contributed by atoms with Gasteiger partial charge >= 0.3 is 0 Å². The van der Waals surface area contributed by atoms with Crippen LogP contribution in [0.2, 0.25) is 5.15 Å². The van der Waals surface area contributed by atoms with E-state index in [0.717, 1.165) is 12.8 Å². The van der Waals surface area contributed by atoms with Crippen molar-refractivity contribution in [2.24, 2.45) is 0 Å². The molecule has 3 heterocycles. The lowest BCUT2D eigenvalue weighted by molar-refractivity contribution is -0.0114. The van der Waals surface area contributed by atoms with Gasteiger partial charge in [0.05, 0.1) is 12.2 Å². The van der Waals surface area contributed by atoms with E-state index >= 15 is 0 Å². The first-order valence-corrected chi connectivity index (χ1v) is 8.54. The van der Waals surface area contributed by atoms with Crippen LogP contribution in [0.4, 0.5) is 0 Å². The van der Waals surface area contributed by atoms with Crippen LogP contribution in [-0.4, -0.2) is 43.0 Å². The van der Waals surface area contributed by atoms with Gasteiger partial charge in [0.25, 0.3) is 0 Å². The molecule has 104 valence electrons. The maximum Gasteiger partial charge on any atom is 0.246 e. The van der Waals surface area contributed by atoms with Crippen molar-refractivity contribution in [1.82, 2.24) is 9.29 Å². The van der Waals surface area contributed by atoms with Crippen LogP contribution < -0.4 is 0 Å². The number of pyridine rings is 1. The molecule has 2 atom stereocenters. The topological polar surface area (TPSA) is 59.5 Å². The quantitative estimate of drug-likeness (QED) is 0.751. The second-order valence-electron chi connectivity index (χ2n) is 4.72. The Morgan fingerprint density at radius 2 is 2.00 bits per heavy atom. The number of hydrogen-bond donors (Lipinski definition) is 0. The summed E-state index contributed by atoms with van der Waals surface area (Å²) in [7, 11) is -3.61. The molecule has 0 aliphatic carbocycles. The molecule has 0 spiro atoms. The molecule has 0 saturated carbocycles. The van der Waals surface area contributed by atoms with E-state index in [4.69, 9.17) is 16.3 Å². The van der Waals surface area contributed by atoms with E-state index in [1.54, 1.807) is 0 Å². The minimum atomic E-state index is -3.61. The van der Waals surface area contributed by atoms with Crippen molar-refractivity contribution in [2.75, 3.05) is 13.1 Å². The third-order valence-electron chi connectivity index (χ3n) is 3.40. The van der Waals surface area contributed by atoms with Gasteiger partial charge in [0.15, 0.2) is 0 Å². The fourth-order valence-electron chi connectivity index (χ4n) is 2.50. The number of aromatic nitrogens is 1. The lowest BCUT2D eigenvalue weighted by atomic mass is 10.2. The molecule has 5 nitrogen and oxygen atoms in total. The summed E-state index contributed by atoms with van der Waals surface area (Å²) < 4.78 is 32.9. The van der Waals surface area contributed by atoms with Crippen LogP contribution in [0.25, 0.3) is 0 Å². The molecule has 0 radical (unpaired) electrons. The van der Waals surface area contributed by atoms with Gasteiger partial charge in [0.2, 0.25) is 10.0 Å². The molecule has 1 aromatic heterocycles. The molecule has 2 aliphatic rings. The standard InChI is InChI=1S/C11H12BrClN2O3S/c12-7-3-10(11(13)14-4-7)19(16,17)15-5-8-1-2-9(6-15)18-8/h3-4,8-9H,1-2,5-6H2. The van der Waals surface area contributed by atoms with E-state index in [-0.39, 0.29) is 22.3 Å². The van der Waals surface area contributed by atoms with Gasteiger partial charge in [-0.3, -0.25) is 0 Å². The number of rotatable bonds is 2. The predicted molar refractivity (Wildman–Crippen MR) is 73.6 cm³/mol. The number of nitrogens with zero attached hydrogens (tertiary/aromatic N) is 2. The molecule has 2 aliphatic heterocycles. The number of ether oxygens (including phenoxy) is 1. The average molecular weight is 368 g/mol. The molecule has 2 saturated heterocycles. The summed E-state index contributed by atoms with van der Waals surface area (Å²) >= 11 is 9.14. The fourth-order valence-corrected chi connectivity index (χ4v) is 4.92. The zero-order chi connectivity index (χ0) is 13.6. The van der Waals surface area contributed by atoms with Gasteiger partial charge in [0, 0.05) is 23.8 Å². The van der Waals surface area contributed by atoms with Gasteiger partial charge in [-0.1, -0.05) is 11.6 Å². The number of halogens is 2. The first-order valence-electron chi connectivity index (χ1n) is 5.93. The van der Waals surface area contributed by atoms with Crippen LogP contribution in [0.5, 0.6) is 0 Å². The molecule has 8 heteroatoms. The van der Waals surface area contributed by atoms with E-state index in [9.17, 15) is 8.42 Å². The second kappa shape index (κ2) is 4.96. The number of sulfonamides is 1. The fraction of sp³-hybridized carbons (Fsp3) is 0.545. The van der Waals surface area contributed by atoms with Crippen molar-refractivity contribution in [3.05, 3.63) is 21.9 Å². The average Bonchev–Trinajstić information content (AvgIpc) is 2.71. The minimum Gasteiger partial charge on any atom is -0.372 e. The van der Waals surface area contributed by atoms with E-state index in [1.807, 2.05) is 0 Å². The Hall–Kier alpha value is -0.210. The number of hydrogen-bond acceptors (Lipinski definition) is 4. The minimum absolute atomic E-state index is 0.00189. The SMILES string of the molecule is O=S(=O)(c1cc(Br)cnc1Cl)N1CC2CCC(C1)O2. The van der Waals surface area contributed by atoms with Crippen LogP contribution in [0.15, 0.2) is 21.6 Å². The van der Waals surface area contributed by atoms with Crippen LogP contribution in [0, 0.1) is 0 Å². The zero-order valence-corrected chi connectivity index (χ0v) is 13.1. The molecule has 2 unspecified atom stereocenters. The summed E-state index contributed by atoms with van der Waals surface area (Å²) in [6.07, 6.45) is 3.33. The smallest absolute Gasteiger partial charge is 0.246 e. The molecule has 1 aromatic rings. The van der Waals surface area contributed by atoms with Crippen LogP contribution in [-0.2, 0) is 14.8 Å². The summed E-state index contributed by atoms with van der Waals surface area (Å²) in [5, 5.41) is 0.00189. The Bertz CT molecular complexity index is 598. The maximum atomic E-state index is 12.6. The molecule has 19 heavy (non-hydrogen) atoms. The van der Waals surface area contributed by atoms with Gasteiger partial charge in [0.1, 0.15) is 10.0 Å². The van der Waals surface area contributed by atoms with E-state index < -0.39 is 10.0 Å². The van der Waals surface area contributed by atoms with Gasteiger partial charge in [-0.25, -0.2) is 13.4 Å². The van der Waals surface area contributed by atoms with E-state index in [1.165, 1.54) is 16.6 Å². The molecule has 0 N–H and O–H groups in total. The largest absolute Gasteiger partial charge is 0.372 e. The first-order chi connectivity index (χ1) is 8.96. The van der Waals surface area contributed by atoms with Crippen molar-refractivity contribution in [3.63, 3.8) is 0 Å². The zero-order valence-electron chi connectivity index (χ0n) is 9.92. The Morgan fingerprint density at radius 3 is 2.63 bits per heavy atom. The van der Waals surface area contributed by atoms with Crippen molar-refractivity contribution >= 4 is 37.6 Å². The summed E-state index contributed by atoms with van der Waals surface area (Å²) in [6.45, 7) is 0.781. The molecule has 0 amide bonds. The second-order valence-corrected chi connectivity index (χ2v) is 7.90. The molecular formula is C11H12BrClN2O3S. The Kier molecular flexibility index (Phi) is 3.59. The molecule has 2 fully saturated rings. The van der Waals surface area contributed by atoms with Crippen molar-refractivity contribution in [3.8, 4) is 0 Å². The lowest BCUT2D eigenvalue weighted by Crippen LogP contribution is -2.45. The van der Waals surface area contributed by atoms with Gasteiger partial charge in [-0.05, 0) is 34.8 Å². The van der Waals surface area contributed by atoms with Crippen molar-refractivity contribution in [2.45, 2.75) is 29.9 Å². The molecular weight excluding hydrogens is 356 g/mol. The normalized spacial score (nSPS) is 27.7. The van der Waals surface area contributed by atoms with Gasteiger partial charge in [-0.2, -0.15) is 4.31 Å². The third kappa shape index (κ3) is 2.54. The first kappa shape index (κ1) is 13.8. The number of fused-ring (bicyclic) bond motifs is 2. The lowest BCUT2D eigenvalue weighted by Gasteiger charge is -2.31. The Labute approximate surface area is 125 Å². The van der Waals surface area contributed by atoms with E-state index in [0.29, 0.717) is 17.6 Å². The predicted octanol–water partition coefficient (Wildman–Crippen LogP) is 2.05. The van der Waals surface area contributed by atoms with Crippen molar-refractivity contribution in [1.29, 1.82) is 0 Å². The highest BCUT2D eigenvalue weighted by molar-refractivity contribution is 9.10.